The van der Waals surface area contributed by atoms with Crippen molar-refractivity contribution in [1.29, 1.82) is 0 Å². The minimum atomic E-state index is 0.170. The molecule has 1 aromatic carbocycles. The van der Waals surface area contributed by atoms with Crippen molar-refractivity contribution in [2.24, 2.45) is 0 Å². The summed E-state index contributed by atoms with van der Waals surface area (Å²) < 4.78 is 5.64. The van der Waals surface area contributed by atoms with Gasteiger partial charge in [0.1, 0.15) is 11.5 Å². The molecule has 0 saturated carbocycles. The number of hydrogen-bond acceptors (Lipinski definition) is 3. The summed E-state index contributed by atoms with van der Waals surface area (Å²) in [7, 11) is 4.16. The maximum atomic E-state index is 5.64. The fraction of sp³-hybridized carbons (Fsp3) is 0.375. The van der Waals surface area contributed by atoms with Crippen molar-refractivity contribution in [3.05, 3.63) is 53.5 Å². The molecule has 102 valence electrons. The van der Waals surface area contributed by atoms with Gasteiger partial charge in [0, 0.05) is 12.2 Å². The predicted molar refractivity (Wildman–Crippen MR) is 79.3 cm³/mol. The number of rotatable bonds is 5. The predicted octanol–water partition coefficient (Wildman–Crippen LogP) is 3.82. The van der Waals surface area contributed by atoms with Crippen LogP contribution in [0.3, 0.4) is 0 Å². The molecule has 1 unspecified atom stereocenters. The van der Waals surface area contributed by atoms with Crippen LogP contribution in [0.1, 0.15) is 30.0 Å². The Labute approximate surface area is 115 Å². The average Bonchev–Trinajstić information content (AvgIpc) is 2.75. The lowest BCUT2D eigenvalue weighted by atomic mass is 10.1. The minimum absolute atomic E-state index is 0.170. The lowest BCUT2D eigenvalue weighted by Gasteiger charge is -2.15. The Kier molecular flexibility index (Phi) is 4.27. The maximum absolute atomic E-state index is 5.64. The lowest BCUT2D eigenvalue weighted by Crippen LogP contribution is -2.11. The zero-order valence-electron chi connectivity index (χ0n) is 12.1. The Morgan fingerprint density at radius 2 is 2.00 bits per heavy atom. The summed E-state index contributed by atoms with van der Waals surface area (Å²) in [5.74, 6) is 1.92. The SMILES string of the molecule is Cc1ccc(C(C)Nc2cccc(CN(C)C)c2)o1. The van der Waals surface area contributed by atoms with Gasteiger partial charge in [-0.2, -0.15) is 0 Å². The van der Waals surface area contributed by atoms with E-state index in [0.29, 0.717) is 0 Å². The third-order valence-electron chi connectivity index (χ3n) is 3.00. The van der Waals surface area contributed by atoms with Crippen LogP contribution in [0.15, 0.2) is 40.8 Å². The quantitative estimate of drug-likeness (QED) is 0.883. The van der Waals surface area contributed by atoms with Gasteiger partial charge >= 0.3 is 0 Å². The second-order valence-corrected chi connectivity index (χ2v) is 5.25. The van der Waals surface area contributed by atoms with E-state index < -0.39 is 0 Å². The highest BCUT2D eigenvalue weighted by atomic mass is 16.3. The molecule has 3 nitrogen and oxygen atoms in total. The van der Waals surface area contributed by atoms with Gasteiger partial charge in [0.2, 0.25) is 0 Å². The molecule has 19 heavy (non-hydrogen) atoms. The molecule has 0 fully saturated rings. The smallest absolute Gasteiger partial charge is 0.126 e. The normalized spacial score (nSPS) is 12.7. The molecule has 1 N–H and O–H groups in total. The summed E-state index contributed by atoms with van der Waals surface area (Å²) in [4.78, 5) is 2.17. The minimum Gasteiger partial charge on any atom is -0.464 e. The first-order chi connectivity index (χ1) is 9.04. The zero-order chi connectivity index (χ0) is 13.8. The highest BCUT2D eigenvalue weighted by Crippen LogP contribution is 2.21. The molecule has 1 aromatic heterocycles. The number of furan rings is 1. The Morgan fingerprint density at radius 3 is 2.63 bits per heavy atom. The van der Waals surface area contributed by atoms with Gasteiger partial charge in [-0.3, -0.25) is 0 Å². The van der Waals surface area contributed by atoms with Crippen LogP contribution in [0.2, 0.25) is 0 Å². The summed E-state index contributed by atoms with van der Waals surface area (Å²) in [6, 6.07) is 12.7. The van der Waals surface area contributed by atoms with Crippen LogP contribution < -0.4 is 5.32 Å². The number of nitrogens with one attached hydrogen (secondary N) is 1. The third kappa shape index (κ3) is 3.86. The Bertz CT molecular complexity index is 531. The Hall–Kier alpha value is -1.74. The van der Waals surface area contributed by atoms with Crippen molar-refractivity contribution in [3.8, 4) is 0 Å². The largest absolute Gasteiger partial charge is 0.464 e. The van der Waals surface area contributed by atoms with Gasteiger partial charge in [-0.05, 0) is 57.8 Å². The second-order valence-electron chi connectivity index (χ2n) is 5.25. The van der Waals surface area contributed by atoms with E-state index in [1.165, 1.54) is 5.56 Å². The van der Waals surface area contributed by atoms with E-state index >= 15 is 0 Å². The van der Waals surface area contributed by atoms with E-state index in [-0.39, 0.29) is 6.04 Å². The highest BCUT2D eigenvalue weighted by molar-refractivity contribution is 5.47. The van der Waals surface area contributed by atoms with E-state index in [1.54, 1.807) is 0 Å². The van der Waals surface area contributed by atoms with Crippen LogP contribution in [0.25, 0.3) is 0 Å². The molecule has 0 aliphatic rings. The molecular formula is C16H22N2O. The average molecular weight is 258 g/mol. The third-order valence-corrected chi connectivity index (χ3v) is 3.00. The fourth-order valence-corrected chi connectivity index (χ4v) is 2.13. The summed E-state index contributed by atoms with van der Waals surface area (Å²) in [5.41, 5.74) is 2.43. The van der Waals surface area contributed by atoms with Gasteiger partial charge in [-0.15, -0.1) is 0 Å². The van der Waals surface area contributed by atoms with Crippen molar-refractivity contribution in [1.82, 2.24) is 4.90 Å². The standard InChI is InChI=1S/C16H22N2O/c1-12-8-9-16(19-12)13(2)17-15-7-5-6-14(10-15)11-18(3)4/h5-10,13,17H,11H2,1-4H3. The molecule has 2 aromatic rings. The summed E-state index contributed by atoms with van der Waals surface area (Å²) >= 11 is 0. The molecule has 0 aliphatic heterocycles. The molecule has 0 bridgehead atoms. The number of hydrogen-bond donors (Lipinski definition) is 1. The van der Waals surface area contributed by atoms with Crippen LogP contribution in [0, 0.1) is 6.92 Å². The monoisotopic (exact) mass is 258 g/mol. The molecule has 1 atom stereocenters. The van der Waals surface area contributed by atoms with Crippen LogP contribution in [0.5, 0.6) is 0 Å². The summed E-state index contributed by atoms with van der Waals surface area (Å²) in [6.07, 6.45) is 0. The van der Waals surface area contributed by atoms with Crippen molar-refractivity contribution in [2.45, 2.75) is 26.4 Å². The second kappa shape index (κ2) is 5.93. The van der Waals surface area contributed by atoms with E-state index in [4.69, 9.17) is 4.42 Å². The molecule has 1 heterocycles. The molecule has 0 radical (unpaired) electrons. The van der Waals surface area contributed by atoms with E-state index in [0.717, 1.165) is 23.8 Å². The number of benzene rings is 1. The molecule has 2 rings (SSSR count). The van der Waals surface area contributed by atoms with Gasteiger partial charge in [-0.1, -0.05) is 12.1 Å². The lowest BCUT2D eigenvalue weighted by molar-refractivity contribution is 0.402. The summed E-state index contributed by atoms with van der Waals surface area (Å²) in [6.45, 7) is 5.02. The van der Waals surface area contributed by atoms with Crippen molar-refractivity contribution < 1.29 is 4.42 Å². The molecule has 0 spiro atoms. The van der Waals surface area contributed by atoms with Gasteiger partial charge in [-0.25, -0.2) is 0 Å². The topological polar surface area (TPSA) is 28.4 Å². The van der Waals surface area contributed by atoms with Crippen LogP contribution >= 0.6 is 0 Å². The number of aryl methyl sites for hydroxylation is 1. The van der Waals surface area contributed by atoms with Crippen LogP contribution in [0.4, 0.5) is 5.69 Å². The first-order valence-electron chi connectivity index (χ1n) is 6.61. The van der Waals surface area contributed by atoms with Crippen molar-refractivity contribution >= 4 is 5.69 Å². The Morgan fingerprint density at radius 1 is 1.21 bits per heavy atom. The fourth-order valence-electron chi connectivity index (χ4n) is 2.13. The number of anilines is 1. The van der Waals surface area contributed by atoms with Gasteiger partial charge in [0.05, 0.1) is 6.04 Å². The summed E-state index contributed by atoms with van der Waals surface area (Å²) in [5, 5.41) is 3.47. The van der Waals surface area contributed by atoms with Gasteiger partial charge in [0.25, 0.3) is 0 Å². The van der Waals surface area contributed by atoms with Crippen LogP contribution in [-0.4, -0.2) is 19.0 Å². The van der Waals surface area contributed by atoms with Gasteiger partial charge < -0.3 is 14.6 Å². The highest BCUT2D eigenvalue weighted by Gasteiger charge is 2.09. The van der Waals surface area contributed by atoms with E-state index in [9.17, 15) is 0 Å². The maximum Gasteiger partial charge on any atom is 0.126 e. The first-order valence-corrected chi connectivity index (χ1v) is 6.61. The molecule has 0 aliphatic carbocycles. The number of nitrogens with zero attached hydrogens (tertiary/aromatic N) is 1. The molecule has 0 saturated heterocycles. The first kappa shape index (κ1) is 13.7. The molecular weight excluding hydrogens is 236 g/mol. The zero-order valence-corrected chi connectivity index (χ0v) is 12.1. The van der Waals surface area contributed by atoms with Crippen LogP contribution in [-0.2, 0) is 6.54 Å². The van der Waals surface area contributed by atoms with E-state index in [2.05, 4.69) is 55.5 Å². The van der Waals surface area contributed by atoms with E-state index in [1.807, 2.05) is 19.1 Å². The van der Waals surface area contributed by atoms with Gasteiger partial charge in [0.15, 0.2) is 0 Å². The van der Waals surface area contributed by atoms with Crippen molar-refractivity contribution in [2.75, 3.05) is 19.4 Å². The van der Waals surface area contributed by atoms with Crippen molar-refractivity contribution in [3.63, 3.8) is 0 Å². The molecule has 3 heteroatoms. The molecule has 0 amide bonds. The Balaban J connectivity index is 2.06.